The molecule has 2 aromatic rings. The largest absolute Gasteiger partial charge is 0.493 e. The number of carbonyl (C=O) groups excluding carboxylic acids is 4. The van der Waals surface area contributed by atoms with Crippen molar-refractivity contribution in [1.82, 2.24) is 15.5 Å². The van der Waals surface area contributed by atoms with Gasteiger partial charge in [-0.2, -0.15) is 0 Å². The molecule has 15 heteroatoms. The van der Waals surface area contributed by atoms with Crippen molar-refractivity contribution in [2.24, 2.45) is 34.3 Å². The fourth-order valence-electron chi connectivity index (χ4n) is 11.8. The molecule has 6 aliphatic rings. The van der Waals surface area contributed by atoms with E-state index in [1.54, 1.807) is 20.3 Å². The van der Waals surface area contributed by atoms with Gasteiger partial charge in [0, 0.05) is 37.1 Å². The second kappa shape index (κ2) is 18.7. The van der Waals surface area contributed by atoms with Gasteiger partial charge in [-0.1, -0.05) is 26.0 Å². The molecule has 4 N–H and O–H groups in total. The van der Waals surface area contributed by atoms with Gasteiger partial charge in [0.25, 0.3) is 0 Å². The molecular weight excluding hydrogens is 785 g/mol. The van der Waals surface area contributed by atoms with E-state index in [4.69, 9.17) is 38.9 Å². The van der Waals surface area contributed by atoms with E-state index in [0.29, 0.717) is 87.3 Å². The van der Waals surface area contributed by atoms with Crippen molar-refractivity contribution < 1.29 is 52.3 Å². The molecule has 6 fully saturated rings. The predicted octanol–water partition coefficient (Wildman–Crippen LogP) is 5.58. The van der Waals surface area contributed by atoms with E-state index in [2.05, 4.69) is 29.4 Å². The van der Waals surface area contributed by atoms with Gasteiger partial charge in [0.05, 0.1) is 33.9 Å². The Hall–Kier alpha value is -4.76. The second-order valence-electron chi connectivity index (χ2n) is 19.0. The van der Waals surface area contributed by atoms with Crippen LogP contribution < -0.4 is 35.3 Å². The minimum Gasteiger partial charge on any atom is -0.493 e. The average molecular weight is 849 g/mol. The zero-order valence-corrected chi connectivity index (χ0v) is 36.4. The minimum atomic E-state index is -1.07. The molecule has 4 aliphatic carbocycles. The van der Waals surface area contributed by atoms with Crippen molar-refractivity contribution in [3.8, 4) is 23.0 Å². The number of nitrogens with one attached hydrogen (secondary N) is 2. The monoisotopic (exact) mass is 848 g/mol. The van der Waals surface area contributed by atoms with Crippen molar-refractivity contribution >= 4 is 24.1 Å². The fourth-order valence-corrected chi connectivity index (χ4v) is 11.8. The molecule has 334 valence electrons. The normalized spacial score (nSPS) is 28.7. The highest BCUT2D eigenvalue weighted by Crippen LogP contribution is 2.66. The number of aryl methyl sites for hydroxylation is 1. The van der Waals surface area contributed by atoms with Crippen LogP contribution in [0.5, 0.6) is 23.0 Å². The third-order valence-corrected chi connectivity index (χ3v) is 13.7. The molecule has 15 nitrogen and oxygen atoms in total. The standard InChI is InChI=1S/C46H64N4O11/c1-44-21-31-22-45(2,26-44)28-46(23-31,27-44)49-43(54)60-25-35(47)41(52)58-17-16-50-14-12-33(13-15-50)48-42(53)61-37-11-7-29(19-39(37)57-5)6-9-34-32(24-59-40(34)51)18-30-8-10-36(55-3)38(20-30)56-4/h7-8,10-11,19-20,31-35H,6,9,12-18,21-28,47H2,1-5H3,(H,48,53)(H,49,54)/t31?,32-,34+,35-,44?,45?,46?/m0/s1. The lowest BCUT2D eigenvalue weighted by Gasteiger charge is -2.65. The number of piperidine rings is 1. The van der Waals surface area contributed by atoms with Gasteiger partial charge < -0.3 is 49.5 Å². The summed E-state index contributed by atoms with van der Waals surface area (Å²) in [6.45, 7) is 6.87. The Labute approximate surface area is 359 Å². The summed E-state index contributed by atoms with van der Waals surface area (Å²) in [5.41, 5.74) is 8.29. The zero-order valence-electron chi connectivity index (χ0n) is 36.4. The molecule has 61 heavy (non-hydrogen) atoms. The molecule has 8 rings (SSSR count). The Morgan fingerprint density at radius 1 is 0.852 bits per heavy atom. The van der Waals surface area contributed by atoms with Gasteiger partial charge in [0.2, 0.25) is 0 Å². The maximum absolute atomic E-state index is 12.9. The third-order valence-electron chi connectivity index (χ3n) is 13.7. The number of esters is 2. The lowest BCUT2D eigenvalue weighted by atomic mass is 9.43. The number of carbonyl (C=O) groups is 4. The number of rotatable bonds is 17. The van der Waals surface area contributed by atoms with E-state index in [9.17, 15) is 19.2 Å². The number of benzene rings is 2. The van der Waals surface area contributed by atoms with Crippen molar-refractivity contribution in [2.75, 3.05) is 60.8 Å². The van der Waals surface area contributed by atoms with Gasteiger partial charge in [0.15, 0.2) is 23.0 Å². The topological polar surface area (TPSA) is 186 Å². The first-order chi connectivity index (χ1) is 29.2. The molecule has 2 aromatic carbocycles. The molecule has 5 atom stereocenters. The van der Waals surface area contributed by atoms with Crippen molar-refractivity contribution in [1.29, 1.82) is 0 Å². The number of nitrogens with two attached hydrogens (primary N) is 1. The molecule has 2 saturated heterocycles. The first-order valence-corrected chi connectivity index (χ1v) is 21.8. The lowest BCUT2D eigenvalue weighted by molar-refractivity contribution is -0.146. The first-order valence-electron chi connectivity index (χ1n) is 21.8. The van der Waals surface area contributed by atoms with Crippen LogP contribution in [0.3, 0.4) is 0 Å². The van der Waals surface area contributed by atoms with Crippen molar-refractivity contribution in [3.63, 3.8) is 0 Å². The number of cyclic esters (lactones) is 1. The Kier molecular flexibility index (Phi) is 13.6. The van der Waals surface area contributed by atoms with Crippen molar-refractivity contribution in [3.05, 3.63) is 47.5 Å². The van der Waals surface area contributed by atoms with Crippen LogP contribution in [0, 0.1) is 28.6 Å². The SMILES string of the molecule is COc1ccc(C[C@H]2COC(=O)[C@@H]2CCc2ccc(OC(=O)NC3CCN(CCOC(=O)[C@@H](N)COC(=O)NC45CC6CC(C)(CC(C)(C6)C4)C5)CC3)c(OC)c2)cc1OC. The smallest absolute Gasteiger partial charge is 0.412 e. The molecule has 0 spiro atoms. The highest BCUT2D eigenvalue weighted by molar-refractivity contribution is 5.77. The highest BCUT2D eigenvalue weighted by Gasteiger charge is 2.60. The molecule has 0 radical (unpaired) electrons. The Morgan fingerprint density at radius 2 is 1.51 bits per heavy atom. The van der Waals surface area contributed by atoms with E-state index in [1.807, 2.05) is 30.3 Å². The fraction of sp³-hybridized carbons (Fsp3) is 0.652. The van der Waals surface area contributed by atoms with Crippen LogP contribution >= 0.6 is 0 Å². The molecule has 2 heterocycles. The molecule has 4 bridgehead atoms. The molecule has 2 aliphatic heterocycles. The Bertz CT molecular complexity index is 1900. The summed E-state index contributed by atoms with van der Waals surface area (Å²) in [7, 11) is 4.72. The Morgan fingerprint density at radius 3 is 2.20 bits per heavy atom. The number of amides is 2. The van der Waals surface area contributed by atoms with Crippen LogP contribution in [0.15, 0.2) is 36.4 Å². The molecular formula is C46H64N4O11. The average Bonchev–Trinajstić information content (AvgIpc) is 3.55. The van der Waals surface area contributed by atoms with Crippen LogP contribution in [0.1, 0.15) is 82.8 Å². The van der Waals surface area contributed by atoms with Crippen LogP contribution in [-0.4, -0.2) is 107 Å². The second-order valence-corrected chi connectivity index (χ2v) is 19.0. The third kappa shape index (κ3) is 10.8. The number of hydrogen-bond donors (Lipinski definition) is 3. The summed E-state index contributed by atoms with van der Waals surface area (Å²) >= 11 is 0. The van der Waals surface area contributed by atoms with Crippen LogP contribution in [0.4, 0.5) is 9.59 Å². The number of hydrogen-bond acceptors (Lipinski definition) is 13. The van der Waals surface area contributed by atoms with Gasteiger partial charge in [0.1, 0.15) is 19.3 Å². The molecule has 2 unspecified atom stereocenters. The summed E-state index contributed by atoms with van der Waals surface area (Å²) in [6, 6.07) is 10.0. The number of likely N-dealkylation sites (tertiary alicyclic amines) is 1. The zero-order chi connectivity index (χ0) is 43.4. The molecule has 2 amide bonds. The lowest BCUT2D eigenvalue weighted by Crippen LogP contribution is -2.65. The van der Waals surface area contributed by atoms with Gasteiger partial charge in [-0.3, -0.25) is 14.5 Å². The van der Waals surface area contributed by atoms with E-state index < -0.39 is 24.2 Å². The minimum absolute atomic E-state index is 0.0307. The number of alkyl carbamates (subject to hydrolysis) is 1. The van der Waals surface area contributed by atoms with E-state index in [1.165, 1.54) is 26.4 Å². The maximum atomic E-state index is 12.9. The van der Waals surface area contributed by atoms with Gasteiger partial charge in [-0.15, -0.1) is 0 Å². The van der Waals surface area contributed by atoms with Crippen LogP contribution in [-0.2, 0) is 36.6 Å². The van der Waals surface area contributed by atoms with E-state index in [-0.39, 0.29) is 53.4 Å². The van der Waals surface area contributed by atoms with Gasteiger partial charge in [-0.05, 0) is 123 Å². The maximum Gasteiger partial charge on any atom is 0.412 e. The molecule has 4 saturated carbocycles. The number of ether oxygens (including phenoxy) is 7. The summed E-state index contributed by atoms with van der Waals surface area (Å²) in [6.07, 6.45) is 8.76. The van der Waals surface area contributed by atoms with Crippen molar-refractivity contribution in [2.45, 2.75) is 102 Å². The first kappa shape index (κ1) is 44.3. The number of nitrogens with zero attached hydrogens (tertiary/aromatic N) is 1. The van der Waals surface area contributed by atoms with E-state index >= 15 is 0 Å². The summed E-state index contributed by atoms with van der Waals surface area (Å²) < 4.78 is 38.4. The summed E-state index contributed by atoms with van der Waals surface area (Å²) in [4.78, 5) is 53.3. The molecule has 0 aromatic heterocycles. The van der Waals surface area contributed by atoms with Crippen LogP contribution in [0.25, 0.3) is 0 Å². The summed E-state index contributed by atoms with van der Waals surface area (Å²) in [5, 5.41) is 6.14. The summed E-state index contributed by atoms with van der Waals surface area (Å²) in [5.74, 6) is 1.62. The highest BCUT2D eigenvalue weighted by atomic mass is 16.6. The van der Waals surface area contributed by atoms with Gasteiger partial charge in [-0.25, -0.2) is 9.59 Å². The number of methoxy groups -OCH3 is 3. The predicted molar refractivity (Wildman–Crippen MR) is 225 cm³/mol. The quantitative estimate of drug-likeness (QED) is 0.133. The van der Waals surface area contributed by atoms with E-state index in [0.717, 1.165) is 30.4 Å². The van der Waals surface area contributed by atoms with Crippen LogP contribution in [0.2, 0.25) is 0 Å². The Balaban J connectivity index is 0.781. The van der Waals surface area contributed by atoms with Gasteiger partial charge >= 0.3 is 24.1 Å².